The average Bonchev–Trinajstić information content (AvgIpc) is 3.30. The van der Waals surface area contributed by atoms with Gasteiger partial charge in [-0.15, -0.1) is 0 Å². The average molecular weight is 285 g/mol. The van der Waals surface area contributed by atoms with Crippen LogP contribution in [0.15, 0.2) is 42.5 Å². The van der Waals surface area contributed by atoms with Gasteiger partial charge in [-0.1, -0.05) is 25.1 Å². The van der Waals surface area contributed by atoms with Gasteiger partial charge in [0.15, 0.2) is 0 Å². The van der Waals surface area contributed by atoms with Crippen LogP contribution in [0, 0.1) is 5.82 Å². The molecule has 1 aliphatic carbocycles. The van der Waals surface area contributed by atoms with E-state index in [-0.39, 0.29) is 5.82 Å². The fraction of sp³-hybridized carbons (Fsp3) is 0.333. The van der Waals surface area contributed by atoms with E-state index in [0.717, 1.165) is 42.8 Å². The summed E-state index contributed by atoms with van der Waals surface area (Å²) >= 11 is 0. The summed E-state index contributed by atoms with van der Waals surface area (Å²) < 4.78 is 19.9. The molecule has 1 fully saturated rings. The van der Waals surface area contributed by atoms with Crippen molar-refractivity contribution in [1.82, 2.24) is 5.32 Å². The Bertz CT molecular complexity index is 622. The molecule has 0 atom stereocenters. The van der Waals surface area contributed by atoms with Gasteiger partial charge in [-0.25, -0.2) is 4.39 Å². The minimum atomic E-state index is -0.196. The topological polar surface area (TPSA) is 21.3 Å². The number of hydrogen-bond donors (Lipinski definition) is 1. The standard InChI is InChI=1S/C18H20FNO/c1-2-20-12-13-6-9-18(19)17(10-13)14-4-3-5-16(11-14)21-15-7-8-15/h3-6,9-11,15,20H,2,7-8,12H2,1H3. The molecule has 0 aromatic heterocycles. The molecule has 0 amide bonds. The van der Waals surface area contributed by atoms with E-state index < -0.39 is 0 Å². The van der Waals surface area contributed by atoms with Gasteiger partial charge in [-0.05, 0) is 54.8 Å². The Labute approximate surface area is 125 Å². The lowest BCUT2D eigenvalue weighted by molar-refractivity contribution is 0.303. The summed E-state index contributed by atoms with van der Waals surface area (Å²) in [5.74, 6) is 0.630. The molecule has 0 aliphatic heterocycles. The second kappa shape index (κ2) is 6.27. The molecule has 0 bridgehead atoms. The molecule has 1 N–H and O–H groups in total. The Morgan fingerprint density at radius 1 is 1.19 bits per heavy atom. The zero-order valence-electron chi connectivity index (χ0n) is 12.2. The first-order chi connectivity index (χ1) is 10.3. The van der Waals surface area contributed by atoms with Crippen molar-refractivity contribution in [1.29, 1.82) is 0 Å². The van der Waals surface area contributed by atoms with Gasteiger partial charge in [-0.2, -0.15) is 0 Å². The summed E-state index contributed by atoms with van der Waals surface area (Å²) in [6, 6.07) is 13.0. The van der Waals surface area contributed by atoms with Crippen LogP contribution in [0.25, 0.3) is 11.1 Å². The molecule has 0 heterocycles. The summed E-state index contributed by atoms with van der Waals surface area (Å²) in [4.78, 5) is 0. The van der Waals surface area contributed by atoms with E-state index in [9.17, 15) is 4.39 Å². The molecular formula is C18H20FNO. The lowest BCUT2D eigenvalue weighted by Gasteiger charge is -2.10. The summed E-state index contributed by atoms with van der Waals surface area (Å²) in [6.45, 7) is 3.71. The van der Waals surface area contributed by atoms with E-state index in [4.69, 9.17) is 4.74 Å². The molecule has 2 aromatic carbocycles. The fourth-order valence-corrected chi connectivity index (χ4v) is 2.29. The third-order valence-corrected chi connectivity index (χ3v) is 3.58. The smallest absolute Gasteiger partial charge is 0.131 e. The van der Waals surface area contributed by atoms with E-state index in [0.29, 0.717) is 11.7 Å². The Balaban J connectivity index is 1.87. The number of halogens is 1. The summed E-state index contributed by atoms with van der Waals surface area (Å²) in [6.07, 6.45) is 2.60. The summed E-state index contributed by atoms with van der Waals surface area (Å²) in [5.41, 5.74) is 2.58. The van der Waals surface area contributed by atoms with Crippen LogP contribution in [0.5, 0.6) is 5.75 Å². The molecule has 0 unspecified atom stereocenters. The van der Waals surface area contributed by atoms with Crippen LogP contribution >= 0.6 is 0 Å². The van der Waals surface area contributed by atoms with Gasteiger partial charge in [0.25, 0.3) is 0 Å². The second-order valence-electron chi connectivity index (χ2n) is 5.44. The van der Waals surface area contributed by atoms with Crippen molar-refractivity contribution >= 4 is 0 Å². The van der Waals surface area contributed by atoms with Crippen LogP contribution in [0.1, 0.15) is 25.3 Å². The largest absolute Gasteiger partial charge is 0.490 e. The van der Waals surface area contributed by atoms with Crippen molar-refractivity contribution in [2.75, 3.05) is 6.54 Å². The van der Waals surface area contributed by atoms with Crippen LogP contribution < -0.4 is 10.1 Å². The Morgan fingerprint density at radius 2 is 2.05 bits per heavy atom. The first-order valence-electron chi connectivity index (χ1n) is 7.52. The lowest BCUT2D eigenvalue weighted by atomic mass is 10.0. The molecule has 21 heavy (non-hydrogen) atoms. The van der Waals surface area contributed by atoms with Crippen LogP contribution in [-0.4, -0.2) is 12.6 Å². The first-order valence-corrected chi connectivity index (χ1v) is 7.52. The number of nitrogens with one attached hydrogen (secondary N) is 1. The highest BCUT2D eigenvalue weighted by Gasteiger charge is 2.23. The number of hydrogen-bond acceptors (Lipinski definition) is 2. The van der Waals surface area contributed by atoms with Gasteiger partial charge < -0.3 is 10.1 Å². The van der Waals surface area contributed by atoms with E-state index in [1.54, 1.807) is 0 Å². The summed E-state index contributed by atoms with van der Waals surface area (Å²) in [7, 11) is 0. The predicted molar refractivity (Wildman–Crippen MR) is 82.9 cm³/mol. The van der Waals surface area contributed by atoms with Crippen molar-refractivity contribution in [3.8, 4) is 16.9 Å². The second-order valence-corrected chi connectivity index (χ2v) is 5.44. The molecule has 0 radical (unpaired) electrons. The Hall–Kier alpha value is -1.87. The summed E-state index contributed by atoms with van der Waals surface area (Å²) in [5, 5.41) is 3.26. The van der Waals surface area contributed by atoms with Crippen LogP contribution in [0.2, 0.25) is 0 Å². The van der Waals surface area contributed by atoms with Crippen molar-refractivity contribution in [3.05, 3.63) is 53.8 Å². The minimum absolute atomic E-state index is 0.196. The maximum Gasteiger partial charge on any atom is 0.131 e. The third-order valence-electron chi connectivity index (χ3n) is 3.58. The minimum Gasteiger partial charge on any atom is -0.490 e. The molecule has 0 spiro atoms. The quantitative estimate of drug-likeness (QED) is 0.861. The maximum absolute atomic E-state index is 14.1. The van der Waals surface area contributed by atoms with E-state index in [2.05, 4.69) is 12.2 Å². The number of rotatable bonds is 6. The molecule has 3 heteroatoms. The molecule has 2 nitrogen and oxygen atoms in total. The van der Waals surface area contributed by atoms with Crippen LogP contribution in [0.3, 0.4) is 0 Å². The maximum atomic E-state index is 14.1. The van der Waals surface area contributed by atoms with Crippen LogP contribution in [0.4, 0.5) is 4.39 Å². The van der Waals surface area contributed by atoms with Crippen molar-refractivity contribution in [3.63, 3.8) is 0 Å². The van der Waals surface area contributed by atoms with Gasteiger partial charge in [0, 0.05) is 12.1 Å². The highest BCUT2D eigenvalue weighted by Crippen LogP contribution is 2.31. The van der Waals surface area contributed by atoms with Crippen molar-refractivity contribution in [2.24, 2.45) is 0 Å². The molecule has 3 rings (SSSR count). The zero-order chi connectivity index (χ0) is 14.7. The van der Waals surface area contributed by atoms with Crippen LogP contribution in [-0.2, 0) is 6.54 Å². The monoisotopic (exact) mass is 285 g/mol. The Morgan fingerprint density at radius 3 is 2.81 bits per heavy atom. The van der Waals surface area contributed by atoms with Gasteiger partial charge in [0.1, 0.15) is 11.6 Å². The molecule has 1 saturated carbocycles. The zero-order valence-corrected chi connectivity index (χ0v) is 12.2. The Kier molecular flexibility index (Phi) is 4.20. The van der Waals surface area contributed by atoms with Gasteiger partial charge in [-0.3, -0.25) is 0 Å². The van der Waals surface area contributed by atoms with Crippen molar-refractivity contribution < 1.29 is 9.13 Å². The highest BCUT2D eigenvalue weighted by atomic mass is 19.1. The predicted octanol–water partition coefficient (Wildman–Crippen LogP) is 4.14. The van der Waals surface area contributed by atoms with Crippen molar-refractivity contribution in [2.45, 2.75) is 32.4 Å². The van der Waals surface area contributed by atoms with Gasteiger partial charge in [0.05, 0.1) is 6.10 Å². The molecule has 1 aliphatic rings. The third kappa shape index (κ3) is 3.61. The van der Waals surface area contributed by atoms with Gasteiger partial charge >= 0.3 is 0 Å². The van der Waals surface area contributed by atoms with E-state index in [1.807, 2.05) is 36.4 Å². The molecular weight excluding hydrogens is 265 g/mol. The van der Waals surface area contributed by atoms with E-state index >= 15 is 0 Å². The molecule has 0 saturated heterocycles. The fourth-order valence-electron chi connectivity index (χ4n) is 2.29. The lowest BCUT2D eigenvalue weighted by Crippen LogP contribution is -2.11. The normalized spacial score (nSPS) is 14.2. The highest BCUT2D eigenvalue weighted by molar-refractivity contribution is 5.66. The first kappa shape index (κ1) is 14.1. The SMILES string of the molecule is CCNCc1ccc(F)c(-c2cccc(OC3CC3)c2)c1. The molecule has 2 aromatic rings. The number of benzene rings is 2. The van der Waals surface area contributed by atoms with Gasteiger partial charge in [0.2, 0.25) is 0 Å². The van der Waals surface area contributed by atoms with E-state index in [1.165, 1.54) is 6.07 Å². The number of ether oxygens (including phenoxy) is 1. The molecule has 110 valence electrons.